The average molecular weight is 274 g/mol. The molecule has 0 unspecified atom stereocenters. The number of aromatic nitrogens is 2. The van der Waals surface area contributed by atoms with E-state index < -0.39 is 22.2 Å². The van der Waals surface area contributed by atoms with Crippen molar-refractivity contribution in [1.29, 1.82) is 0 Å². The third-order valence-corrected chi connectivity index (χ3v) is 5.46. The molecule has 2 heterocycles. The van der Waals surface area contributed by atoms with Crippen molar-refractivity contribution in [3.05, 3.63) is 11.4 Å². The monoisotopic (exact) mass is 274 g/mol. The quantitative estimate of drug-likeness (QED) is 0.655. The first kappa shape index (κ1) is 13.5. The first-order valence-electron chi connectivity index (χ1n) is 5.74. The van der Waals surface area contributed by atoms with E-state index in [1.54, 1.807) is 13.8 Å². The molecule has 0 saturated carbocycles. The Morgan fingerprint density at radius 3 is 2.50 bits per heavy atom. The number of H-pyrrole nitrogens is 1. The molecule has 0 radical (unpaired) electrons. The molecule has 8 heteroatoms. The van der Waals surface area contributed by atoms with Crippen LogP contribution in [0.3, 0.4) is 0 Å². The molecule has 3 N–H and O–H groups in total. The van der Waals surface area contributed by atoms with Gasteiger partial charge in [-0.3, -0.25) is 5.10 Å². The largest absolute Gasteiger partial charge is 0.390 e. The van der Waals surface area contributed by atoms with Gasteiger partial charge in [0.25, 0.3) is 0 Å². The molecule has 1 aliphatic heterocycles. The molecule has 0 amide bonds. The summed E-state index contributed by atoms with van der Waals surface area (Å²) >= 11 is 0. The summed E-state index contributed by atoms with van der Waals surface area (Å²) in [5.41, 5.74) is 0.958. The van der Waals surface area contributed by atoms with Crippen LogP contribution in [0.2, 0.25) is 0 Å². The fourth-order valence-electron chi connectivity index (χ4n) is 2.27. The highest BCUT2D eigenvalue weighted by molar-refractivity contribution is 7.89. The fraction of sp³-hybridized carbons (Fsp3) is 0.700. The van der Waals surface area contributed by atoms with Crippen LogP contribution in [-0.4, -0.2) is 60.3 Å². The maximum Gasteiger partial charge on any atom is 0.246 e. The number of hydrogen-bond acceptors (Lipinski definition) is 5. The number of rotatable bonds is 3. The lowest BCUT2D eigenvalue weighted by Crippen LogP contribution is -2.44. The number of hydrogen-bond donors (Lipinski definition) is 3. The summed E-state index contributed by atoms with van der Waals surface area (Å²) in [5, 5.41) is 19.3. The normalized spacial score (nSPS) is 24.9. The molecule has 0 aliphatic carbocycles. The molecule has 2 atom stereocenters. The molecule has 102 valence electrons. The van der Waals surface area contributed by atoms with Crippen molar-refractivity contribution < 1.29 is 13.5 Å². The standard InChI is InChI=1S/C10H18N4O3S/c1-6-10(7(2)13-12-6)18(16,17)14(3)8-4-11-5-9(8)15/h8-9,11,15H,4-5H2,1-3H3,(H,12,13)/t8-,9-/m1/s1. The second kappa shape index (κ2) is 4.61. The predicted octanol–water partition coefficient (Wildman–Crippen LogP) is -1.02. The topological polar surface area (TPSA) is 98.3 Å². The Morgan fingerprint density at radius 1 is 1.39 bits per heavy atom. The molecule has 18 heavy (non-hydrogen) atoms. The van der Waals surface area contributed by atoms with Gasteiger partial charge in [-0.15, -0.1) is 0 Å². The average Bonchev–Trinajstić information content (AvgIpc) is 2.84. The number of nitrogens with one attached hydrogen (secondary N) is 2. The summed E-state index contributed by atoms with van der Waals surface area (Å²) in [4.78, 5) is 0.198. The number of aliphatic hydroxyl groups excluding tert-OH is 1. The first-order chi connectivity index (χ1) is 8.35. The number of aromatic amines is 1. The van der Waals surface area contributed by atoms with Crippen LogP contribution in [0.4, 0.5) is 0 Å². The van der Waals surface area contributed by atoms with E-state index >= 15 is 0 Å². The van der Waals surface area contributed by atoms with Crippen LogP contribution in [0.1, 0.15) is 11.4 Å². The fourth-order valence-corrected chi connectivity index (χ4v) is 3.98. The Kier molecular flexibility index (Phi) is 3.45. The second-order valence-electron chi connectivity index (χ2n) is 4.58. The molecule has 1 aliphatic rings. The molecule has 1 aromatic heterocycles. The molecule has 1 fully saturated rings. The smallest absolute Gasteiger partial charge is 0.246 e. The molecule has 0 spiro atoms. The van der Waals surface area contributed by atoms with Crippen molar-refractivity contribution in [1.82, 2.24) is 19.8 Å². The number of likely N-dealkylation sites (N-methyl/N-ethyl adjacent to an activating group) is 1. The number of aliphatic hydroxyl groups is 1. The zero-order chi connectivity index (χ0) is 13.5. The van der Waals surface area contributed by atoms with Crippen molar-refractivity contribution in [2.45, 2.75) is 30.9 Å². The number of nitrogens with zero attached hydrogens (tertiary/aromatic N) is 2. The summed E-state index contributed by atoms with van der Waals surface area (Å²) in [6, 6.07) is -0.441. The summed E-state index contributed by atoms with van der Waals surface area (Å²) in [5.74, 6) is 0. The lowest BCUT2D eigenvalue weighted by Gasteiger charge is -2.25. The minimum Gasteiger partial charge on any atom is -0.390 e. The van der Waals surface area contributed by atoms with Crippen LogP contribution >= 0.6 is 0 Å². The van der Waals surface area contributed by atoms with Gasteiger partial charge in [0.1, 0.15) is 4.90 Å². The minimum absolute atomic E-state index is 0.198. The third-order valence-electron chi connectivity index (χ3n) is 3.32. The Bertz CT molecular complexity index is 520. The Balaban J connectivity index is 2.37. The van der Waals surface area contributed by atoms with Gasteiger partial charge in [0.2, 0.25) is 10.0 Å². The van der Waals surface area contributed by atoms with E-state index in [2.05, 4.69) is 15.5 Å². The lowest BCUT2D eigenvalue weighted by atomic mass is 10.2. The van der Waals surface area contributed by atoms with Gasteiger partial charge in [-0.05, 0) is 13.8 Å². The molecule has 2 rings (SSSR count). The van der Waals surface area contributed by atoms with Crippen LogP contribution in [-0.2, 0) is 10.0 Å². The highest BCUT2D eigenvalue weighted by Gasteiger charge is 2.37. The molecule has 1 aromatic rings. The maximum atomic E-state index is 12.5. The van der Waals surface area contributed by atoms with Gasteiger partial charge in [0, 0.05) is 20.1 Å². The first-order valence-corrected chi connectivity index (χ1v) is 7.18. The molecule has 0 bridgehead atoms. The highest BCUT2D eigenvalue weighted by atomic mass is 32.2. The van der Waals surface area contributed by atoms with E-state index in [1.165, 1.54) is 11.4 Å². The maximum absolute atomic E-state index is 12.5. The number of sulfonamides is 1. The van der Waals surface area contributed by atoms with Crippen LogP contribution in [0.15, 0.2) is 4.90 Å². The van der Waals surface area contributed by atoms with E-state index in [0.29, 0.717) is 24.5 Å². The van der Waals surface area contributed by atoms with Crippen molar-refractivity contribution >= 4 is 10.0 Å². The van der Waals surface area contributed by atoms with Crippen LogP contribution in [0, 0.1) is 13.8 Å². The molecular formula is C10H18N4O3S. The van der Waals surface area contributed by atoms with Crippen molar-refractivity contribution in [3.63, 3.8) is 0 Å². The minimum atomic E-state index is -3.63. The Labute approximate surface area is 106 Å². The summed E-state index contributed by atoms with van der Waals surface area (Å²) < 4.78 is 26.2. The van der Waals surface area contributed by atoms with E-state index in [0.717, 1.165) is 0 Å². The van der Waals surface area contributed by atoms with E-state index in [9.17, 15) is 13.5 Å². The third kappa shape index (κ3) is 2.05. The molecule has 7 nitrogen and oxygen atoms in total. The molecular weight excluding hydrogens is 256 g/mol. The number of β-amino-alcohol motifs (C(OH)–C–C–N with tert-alkyl or cyclic N) is 1. The van der Waals surface area contributed by atoms with Crippen LogP contribution < -0.4 is 5.32 Å². The van der Waals surface area contributed by atoms with Crippen LogP contribution in [0.5, 0.6) is 0 Å². The lowest BCUT2D eigenvalue weighted by molar-refractivity contribution is 0.136. The Hall–Kier alpha value is -0.960. The molecule has 0 aromatic carbocycles. The van der Waals surface area contributed by atoms with Gasteiger partial charge in [-0.1, -0.05) is 0 Å². The summed E-state index contributed by atoms with van der Waals surface area (Å²) in [6.45, 7) is 4.18. The van der Waals surface area contributed by atoms with E-state index in [4.69, 9.17) is 0 Å². The SMILES string of the molecule is Cc1n[nH]c(C)c1S(=O)(=O)N(C)[C@@H]1CNC[C@H]1O. The summed E-state index contributed by atoms with van der Waals surface area (Å²) in [7, 11) is -2.15. The van der Waals surface area contributed by atoms with Gasteiger partial charge in [0.05, 0.1) is 23.5 Å². The van der Waals surface area contributed by atoms with Gasteiger partial charge < -0.3 is 10.4 Å². The van der Waals surface area contributed by atoms with Gasteiger partial charge in [-0.2, -0.15) is 9.40 Å². The second-order valence-corrected chi connectivity index (χ2v) is 6.51. The van der Waals surface area contributed by atoms with Gasteiger partial charge >= 0.3 is 0 Å². The van der Waals surface area contributed by atoms with Crippen molar-refractivity contribution in [2.24, 2.45) is 0 Å². The van der Waals surface area contributed by atoms with Crippen LogP contribution in [0.25, 0.3) is 0 Å². The van der Waals surface area contributed by atoms with Gasteiger partial charge in [-0.25, -0.2) is 8.42 Å². The van der Waals surface area contributed by atoms with E-state index in [-0.39, 0.29) is 4.90 Å². The zero-order valence-corrected chi connectivity index (χ0v) is 11.5. The summed E-state index contributed by atoms with van der Waals surface area (Å²) in [6.07, 6.45) is -0.683. The van der Waals surface area contributed by atoms with Crippen molar-refractivity contribution in [3.8, 4) is 0 Å². The predicted molar refractivity (Wildman–Crippen MR) is 65.7 cm³/mol. The zero-order valence-electron chi connectivity index (χ0n) is 10.6. The number of aryl methyl sites for hydroxylation is 2. The Morgan fingerprint density at radius 2 is 2.06 bits per heavy atom. The van der Waals surface area contributed by atoms with Gasteiger partial charge in [0.15, 0.2) is 0 Å². The van der Waals surface area contributed by atoms with E-state index in [1.807, 2.05) is 0 Å². The highest BCUT2D eigenvalue weighted by Crippen LogP contribution is 2.23. The molecule has 1 saturated heterocycles. The van der Waals surface area contributed by atoms with Crippen molar-refractivity contribution in [2.75, 3.05) is 20.1 Å².